The molecule has 1 aromatic carbocycles. The van der Waals surface area contributed by atoms with Gasteiger partial charge in [0.05, 0.1) is 12.8 Å². The van der Waals surface area contributed by atoms with E-state index in [0.29, 0.717) is 23.6 Å². The van der Waals surface area contributed by atoms with Gasteiger partial charge in [-0.2, -0.15) is 5.10 Å². The topological polar surface area (TPSA) is 81.4 Å². The first-order valence-electron chi connectivity index (χ1n) is 6.07. The molecule has 20 heavy (non-hydrogen) atoms. The fourth-order valence-corrected chi connectivity index (χ4v) is 1.90. The fraction of sp³-hybridized carbons (Fsp3) is 0.214. The molecule has 0 saturated heterocycles. The summed E-state index contributed by atoms with van der Waals surface area (Å²) in [6, 6.07) is 8.38. The third-order valence-corrected chi connectivity index (χ3v) is 2.89. The number of hydrogen-bond donors (Lipinski definition) is 1. The highest BCUT2D eigenvalue weighted by atomic mass is 16.5. The summed E-state index contributed by atoms with van der Waals surface area (Å²) in [5.41, 5.74) is 0.113. The molecule has 0 atom stereocenters. The Morgan fingerprint density at radius 1 is 1.40 bits per heavy atom. The molecule has 0 aliphatic rings. The number of methoxy groups -OCH3 is 1. The third kappa shape index (κ3) is 2.40. The molecule has 2 aromatic rings. The maximum absolute atomic E-state index is 11.9. The van der Waals surface area contributed by atoms with Crippen molar-refractivity contribution in [3.63, 3.8) is 0 Å². The van der Waals surface area contributed by atoms with Crippen molar-refractivity contribution >= 4 is 5.97 Å². The van der Waals surface area contributed by atoms with Crippen LogP contribution in [0.1, 0.15) is 17.3 Å². The number of aryl methyl sites for hydroxylation is 1. The molecule has 0 aliphatic heterocycles. The van der Waals surface area contributed by atoms with Crippen molar-refractivity contribution in [1.29, 1.82) is 0 Å². The number of aromatic carboxylic acids is 1. The number of para-hydroxylation sites is 1. The predicted octanol–water partition coefficient (Wildman–Crippen LogP) is 1.64. The highest BCUT2D eigenvalue weighted by Crippen LogP contribution is 2.27. The lowest BCUT2D eigenvalue weighted by Crippen LogP contribution is -2.28. The van der Waals surface area contributed by atoms with Crippen molar-refractivity contribution in [3.05, 3.63) is 46.2 Å². The molecule has 0 fully saturated rings. The fourth-order valence-electron chi connectivity index (χ4n) is 1.90. The van der Waals surface area contributed by atoms with Crippen LogP contribution in [-0.2, 0) is 6.54 Å². The summed E-state index contributed by atoms with van der Waals surface area (Å²) in [5, 5.41) is 13.3. The van der Waals surface area contributed by atoms with Crippen LogP contribution < -0.4 is 10.3 Å². The average molecular weight is 274 g/mol. The molecule has 1 heterocycles. The normalized spacial score (nSPS) is 10.3. The van der Waals surface area contributed by atoms with E-state index >= 15 is 0 Å². The standard InChI is InChI=1S/C14H14N2O4/c1-3-16-13(17)10(14(18)19)8-11(15-16)9-6-4-5-7-12(9)20-2/h4-8H,3H2,1-2H3,(H,18,19). The largest absolute Gasteiger partial charge is 0.496 e. The molecule has 0 amide bonds. The Morgan fingerprint density at radius 3 is 2.70 bits per heavy atom. The summed E-state index contributed by atoms with van der Waals surface area (Å²) in [6.07, 6.45) is 0. The van der Waals surface area contributed by atoms with E-state index in [4.69, 9.17) is 9.84 Å². The molecule has 0 spiro atoms. The van der Waals surface area contributed by atoms with Gasteiger partial charge in [-0.1, -0.05) is 12.1 Å². The maximum atomic E-state index is 11.9. The lowest BCUT2D eigenvalue weighted by atomic mass is 10.1. The van der Waals surface area contributed by atoms with Gasteiger partial charge >= 0.3 is 5.97 Å². The van der Waals surface area contributed by atoms with Crippen LogP contribution in [0.4, 0.5) is 0 Å². The molecule has 2 rings (SSSR count). The number of carboxylic acid groups (broad SMARTS) is 1. The number of carbonyl (C=O) groups is 1. The summed E-state index contributed by atoms with van der Waals surface area (Å²) >= 11 is 0. The molecule has 0 bridgehead atoms. The van der Waals surface area contributed by atoms with Crippen LogP contribution in [0.25, 0.3) is 11.3 Å². The number of aromatic nitrogens is 2. The van der Waals surface area contributed by atoms with Crippen LogP contribution in [0, 0.1) is 0 Å². The zero-order chi connectivity index (χ0) is 14.7. The second kappa shape index (κ2) is 5.56. The summed E-state index contributed by atoms with van der Waals surface area (Å²) < 4.78 is 6.36. The minimum Gasteiger partial charge on any atom is -0.496 e. The zero-order valence-electron chi connectivity index (χ0n) is 11.2. The van der Waals surface area contributed by atoms with Crippen molar-refractivity contribution in [3.8, 4) is 17.0 Å². The molecule has 0 saturated carbocycles. The summed E-state index contributed by atoms with van der Waals surface area (Å²) in [4.78, 5) is 23.0. The highest BCUT2D eigenvalue weighted by molar-refractivity contribution is 5.88. The van der Waals surface area contributed by atoms with Gasteiger partial charge in [0.15, 0.2) is 0 Å². The number of ether oxygens (including phenoxy) is 1. The molecule has 0 unspecified atom stereocenters. The van der Waals surface area contributed by atoms with Gasteiger partial charge in [-0.25, -0.2) is 9.48 Å². The molecule has 0 radical (unpaired) electrons. The summed E-state index contributed by atoms with van der Waals surface area (Å²) in [5.74, 6) is -0.701. The SMILES string of the molecule is CCn1nc(-c2ccccc2OC)cc(C(=O)O)c1=O. The van der Waals surface area contributed by atoms with Crippen LogP contribution in [0.3, 0.4) is 0 Å². The predicted molar refractivity (Wildman–Crippen MR) is 73.1 cm³/mol. The number of carboxylic acids is 1. The van der Waals surface area contributed by atoms with Gasteiger partial charge in [-0.05, 0) is 25.1 Å². The Morgan fingerprint density at radius 2 is 2.10 bits per heavy atom. The van der Waals surface area contributed by atoms with Gasteiger partial charge in [0.25, 0.3) is 5.56 Å². The van der Waals surface area contributed by atoms with E-state index in [1.807, 2.05) is 0 Å². The van der Waals surface area contributed by atoms with Crippen LogP contribution >= 0.6 is 0 Å². The first kappa shape index (κ1) is 13.8. The van der Waals surface area contributed by atoms with E-state index in [0.717, 1.165) is 4.68 Å². The lowest BCUT2D eigenvalue weighted by Gasteiger charge is -2.10. The third-order valence-electron chi connectivity index (χ3n) is 2.89. The van der Waals surface area contributed by atoms with Crippen LogP contribution in [0.2, 0.25) is 0 Å². The van der Waals surface area contributed by atoms with Crippen molar-refractivity contribution in [2.75, 3.05) is 7.11 Å². The molecule has 6 nitrogen and oxygen atoms in total. The van der Waals surface area contributed by atoms with E-state index in [1.165, 1.54) is 13.2 Å². The molecular weight excluding hydrogens is 260 g/mol. The highest BCUT2D eigenvalue weighted by Gasteiger charge is 2.16. The minimum absolute atomic E-state index is 0.294. The molecule has 1 N–H and O–H groups in total. The van der Waals surface area contributed by atoms with Crippen molar-refractivity contribution < 1.29 is 14.6 Å². The molecule has 6 heteroatoms. The van der Waals surface area contributed by atoms with Gasteiger partial charge in [0.1, 0.15) is 11.3 Å². The van der Waals surface area contributed by atoms with Crippen LogP contribution in [0.5, 0.6) is 5.75 Å². The molecule has 0 aliphatic carbocycles. The van der Waals surface area contributed by atoms with Gasteiger partial charge in [0.2, 0.25) is 0 Å². The maximum Gasteiger partial charge on any atom is 0.341 e. The zero-order valence-corrected chi connectivity index (χ0v) is 11.2. The van der Waals surface area contributed by atoms with E-state index in [1.54, 1.807) is 31.2 Å². The average Bonchev–Trinajstić information content (AvgIpc) is 2.47. The van der Waals surface area contributed by atoms with Gasteiger partial charge in [0, 0.05) is 12.1 Å². The molecular formula is C14H14N2O4. The van der Waals surface area contributed by atoms with Gasteiger partial charge in [-0.3, -0.25) is 4.79 Å². The summed E-state index contributed by atoms with van der Waals surface area (Å²) in [7, 11) is 1.52. The second-order valence-corrected chi connectivity index (χ2v) is 4.07. The van der Waals surface area contributed by atoms with E-state index < -0.39 is 11.5 Å². The van der Waals surface area contributed by atoms with Crippen LogP contribution in [-0.4, -0.2) is 28.0 Å². The monoisotopic (exact) mass is 274 g/mol. The second-order valence-electron chi connectivity index (χ2n) is 4.07. The Hall–Kier alpha value is -2.63. The van der Waals surface area contributed by atoms with E-state index in [-0.39, 0.29) is 5.56 Å². The lowest BCUT2D eigenvalue weighted by molar-refractivity contribution is 0.0693. The molecule has 104 valence electrons. The van der Waals surface area contributed by atoms with Gasteiger partial charge in [-0.15, -0.1) is 0 Å². The van der Waals surface area contributed by atoms with Crippen molar-refractivity contribution in [1.82, 2.24) is 9.78 Å². The Balaban J connectivity index is 2.72. The minimum atomic E-state index is -1.27. The first-order valence-corrected chi connectivity index (χ1v) is 6.07. The number of benzene rings is 1. The summed E-state index contributed by atoms with van der Waals surface area (Å²) in [6.45, 7) is 2.02. The number of hydrogen-bond acceptors (Lipinski definition) is 4. The Bertz CT molecular complexity index is 707. The van der Waals surface area contributed by atoms with E-state index in [9.17, 15) is 9.59 Å². The Kier molecular flexibility index (Phi) is 3.84. The van der Waals surface area contributed by atoms with Crippen molar-refractivity contribution in [2.24, 2.45) is 0 Å². The van der Waals surface area contributed by atoms with Crippen molar-refractivity contribution in [2.45, 2.75) is 13.5 Å². The smallest absolute Gasteiger partial charge is 0.341 e. The molecule has 1 aromatic heterocycles. The van der Waals surface area contributed by atoms with Gasteiger partial charge < -0.3 is 9.84 Å². The Labute approximate surface area is 115 Å². The number of nitrogens with zero attached hydrogens (tertiary/aromatic N) is 2. The van der Waals surface area contributed by atoms with Crippen LogP contribution in [0.15, 0.2) is 35.1 Å². The van der Waals surface area contributed by atoms with E-state index in [2.05, 4.69) is 5.10 Å². The number of rotatable bonds is 4. The first-order chi connectivity index (χ1) is 9.58. The quantitative estimate of drug-likeness (QED) is 0.916.